The van der Waals surface area contributed by atoms with E-state index in [1.165, 1.54) is 0 Å². The van der Waals surface area contributed by atoms with Gasteiger partial charge in [-0.15, -0.1) is 0 Å². The number of carboxylic acid groups (broad SMARTS) is 1. The Labute approximate surface area is 140 Å². The van der Waals surface area contributed by atoms with E-state index in [-0.39, 0.29) is 5.56 Å². The number of carboxylic acids is 1. The summed E-state index contributed by atoms with van der Waals surface area (Å²) >= 11 is 0. The third-order valence-corrected chi connectivity index (χ3v) is 4.33. The van der Waals surface area contributed by atoms with Crippen LogP contribution in [0, 0.1) is 6.92 Å². The van der Waals surface area contributed by atoms with Crippen molar-refractivity contribution in [2.75, 3.05) is 5.32 Å². The number of nitrogens with one attached hydrogen (secondary N) is 1. The Bertz CT molecular complexity index is 931. The number of anilines is 1. The molecule has 0 saturated heterocycles. The Morgan fingerprint density at radius 2 is 1.92 bits per heavy atom. The highest BCUT2D eigenvalue weighted by molar-refractivity contribution is 6.09. The lowest BCUT2D eigenvalue weighted by Crippen LogP contribution is -2.11. The minimum Gasteiger partial charge on any atom is -0.478 e. The van der Waals surface area contributed by atoms with Gasteiger partial charge in [0.15, 0.2) is 0 Å². The van der Waals surface area contributed by atoms with E-state index < -0.39 is 5.97 Å². The summed E-state index contributed by atoms with van der Waals surface area (Å²) in [7, 11) is 0. The lowest BCUT2D eigenvalue weighted by Gasteiger charge is -2.16. The van der Waals surface area contributed by atoms with Crippen molar-refractivity contribution in [2.24, 2.45) is 0 Å². The fourth-order valence-corrected chi connectivity index (χ4v) is 2.97. The molecule has 1 fully saturated rings. The van der Waals surface area contributed by atoms with Crippen LogP contribution in [-0.4, -0.2) is 22.1 Å². The number of rotatable bonds is 4. The Morgan fingerprint density at radius 3 is 2.58 bits per heavy atom. The second-order valence-corrected chi connectivity index (χ2v) is 6.32. The highest BCUT2D eigenvalue weighted by atomic mass is 16.4. The molecule has 0 amide bonds. The van der Waals surface area contributed by atoms with Gasteiger partial charge in [0.25, 0.3) is 0 Å². The van der Waals surface area contributed by atoms with Gasteiger partial charge in [-0.3, -0.25) is 0 Å². The molecule has 0 spiro atoms. The zero-order chi connectivity index (χ0) is 16.7. The number of hydrogen-bond acceptors (Lipinski definition) is 3. The fourth-order valence-electron chi connectivity index (χ4n) is 2.97. The zero-order valence-corrected chi connectivity index (χ0v) is 13.4. The molecule has 0 bridgehead atoms. The van der Waals surface area contributed by atoms with Crippen molar-refractivity contribution < 1.29 is 9.90 Å². The summed E-state index contributed by atoms with van der Waals surface area (Å²) in [5.41, 5.74) is 4.18. The first-order valence-electron chi connectivity index (χ1n) is 8.13. The monoisotopic (exact) mass is 318 g/mol. The summed E-state index contributed by atoms with van der Waals surface area (Å²) in [6.07, 6.45) is 2.16. The lowest BCUT2D eigenvalue weighted by molar-refractivity contribution is 0.0698. The molecule has 1 aliphatic rings. The van der Waals surface area contributed by atoms with Crippen LogP contribution in [0.4, 0.5) is 5.69 Å². The largest absolute Gasteiger partial charge is 0.478 e. The summed E-state index contributed by atoms with van der Waals surface area (Å²) in [6, 6.07) is 15.8. The molecule has 2 aromatic carbocycles. The summed E-state index contributed by atoms with van der Waals surface area (Å²) in [6.45, 7) is 2.01. The van der Waals surface area contributed by atoms with Crippen molar-refractivity contribution in [3.63, 3.8) is 0 Å². The van der Waals surface area contributed by atoms with E-state index in [0.29, 0.717) is 17.4 Å². The van der Waals surface area contributed by atoms with Gasteiger partial charge < -0.3 is 10.4 Å². The Morgan fingerprint density at radius 1 is 1.17 bits per heavy atom. The normalized spacial score (nSPS) is 13.9. The first kappa shape index (κ1) is 14.7. The van der Waals surface area contributed by atoms with Crippen molar-refractivity contribution >= 4 is 22.6 Å². The topological polar surface area (TPSA) is 62.2 Å². The summed E-state index contributed by atoms with van der Waals surface area (Å²) < 4.78 is 0. The molecule has 4 nitrogen and oxygen atoms in total. The van der Waals surface area contributed by atoms with E-state index in [2.05, 4.69) is 10.3 Å². The van der Waals surface area contributed by atoms with Crippen LogP contribution < -0.4 is 5.32 Å². The molecular weight excluding hydrogens is 300 g/mol. The van der Waals surface area contributed by atoms with Crippen LogP contribution in [0.1, 0.15) is 28.8 Å². The maximum Gasteiger partial charge on any atom is 0.340 e. The molecule has 120 valence electrons. The number of benzene rings is 2. The number of nitrogens with zero attached hydrogens (tertiary/aromatic N) is 1. The second-order valence-electron chi connectivity index (χ2n) is 6.32. The van der Waals surface area contributed by atoms with Gasteiger partial charge in [-0.05, 0) is 31.9 Å². The second kappa shape index (κ2) is 5.64. The molecule has 0 radical (unpaired) electrons. The molecule has 0 aliphatic heterocycles. The summed E-state index contributed by atoms with van der Waals surface area (Å²) in [5.74, 6) is -0.951. The highest BCUT2D eigenvalue weighted by Crippen LogP contribution is 2.37. The average Bonchev–Trinajstić information content (AvgIpc) is 3.39. The van der Waals surface area contributed by atoms with Crippen LogP contribution in [0.5, 0.6) is 0 Å². The number of aromatic nitrogens is 1. The van der Waals surface area contributed by atoms with Crippen molar-refractivity contribution in [1.29, 1.82) is 0 Å². The number of pyridine rings is 1. The Hall–Kier alpha value is -2.88. The van der Waals surface area contributed by atoms with Crippen molar-refractivity contribution in [3.8, 4) is 11.3 Å². The van der Waals surface area contributed by atoms with Gasteiger partial charge in [-0.1, -0.05) is 42.0 Å². The van der Waals surface area contributed by atoms with Crippen molar-refractivity contribution in [2.45, 2.75) is 25.8 Å². The minimum absolute atomic E-state index is 0.256. The predicted octanol–water partition coefficient (Wildman–Crippen LogP) is 4.48. The number of carbonyl (C=O) groups is 1. The smallest absolute Gasteiger partial charge is 0.340 e. The van der Waals surface area contributed by atoms with Crippen LogP contribution in [0.2, 0.25) is 0 Å². The van der Waals surface area contributed by atoms with Crippen LogP contribution in [0.25, 0.3) is 22.2 Å². The van der Waals surface area contributed by atoms with E-state index in [1.54, 1.807) is 0 Å². The lowest BCUT2D eigenvalue weighted by atomic mass is 9.99. The number of hydrogen-bond donors (Lipinski definition) is 2. The van der Waals surface area contributed by atoms with Crippen LogP contribution in [0.15, 0.2) is 48.5 Å². The van der Waals surface area contributed by atoms with Gasteiger partial charge in [-0.2, -0.15) is 0 Å². The molecule has 2 N–H and O–H groups in total. The molecule has 0 unspecified atom stereocenters. The first-order valence-corrected chi connectivity index (χ1v) is 8.13. The van der Waals surface area contributed by atoms with E-state index in [4.69, 9.17) is 0 Å². The van der Waals surface area contributed by atoms with Gasteiger partial charge in [0, 0.05) is 17.0 Å². The van der Waals surface area contributed by atoms with Crippen LogP contribution in [0.3, 0.4) is 0 Å². The fraction of sp³-hybridized carbons (Fsp3) is 0.200. The summed E-state index contributed by atoms with van der Waals surface area (Å²) in [4.78, 5) is 16.7. The Balaban J connectivity index is 2.06. The van der Waals surface area contributed by atoms with Crippen molar-refractivity contribution in [1.82, 2.24) is 4.98 Å². The molecule has 1 saturated carbocycles. The quantitative estimate of drug-likeness (QED) is 0.744. The van der Waals surface area contributed by atoms with Crippen molar-refractivity contribution in [3.05, 3.63) is 59.7 Å². The minimum atomic E-state index is -0.951. The third kappa shape index (κ3) is 2.60. The van der Waals surface area contributed by atoms with Gasteiger partial charge >= 0.3 is 5.97 Å². The molecule has 24 heavy (non-hydrogen) atoms. The van der Waals surface area contributed by atoms with E-state index in [1.807, 2.05) is 55.5 Å². The van der Waals surface area contributed by atoms with E-state index >= 15 is 0 Å². The maximum atomic E-state index is 12.1. The maximum absolute atomic E-state index is 12.1. The van der Waals surface area contributed by atoms with Gasteiger partial charge in [0.05, 0.1) is 16.9 Å². The molecule has 1 aliphatic carbocycles. The van der Waals surface area contributed by atoms with Crippen LogP contribution in [-0.2, 0) is 0 Å². The molecule has 3 aromatic rings. The molecule has 1 aromatic heterocycles. The van der Waals surface area contributed by atoms with Gasteiger partial charge in [0.1, 0.15) is 5.56 Å². The molecule has 0 atom stereocenters. The third-order valence-electron chi connectivity index (χ3n) is 4.33. The average molecular weight is 318 g/mol. The van der Waals surface area contributed by atoms with Crippen LogP contribution >= 0.6 is 0 Å². The SMILES string of the molecule is Cc1ccc2nc(-c3ccccc3)c(C(=O)O)c(NC3CC3)c2c1. The van der Waals surface area contributed by atoms with E-state index in [9.17, 15) is 9.90 Å². The number of fused-ring (bicyclic) bond motifs is 1. The van der Waals surface area contributed by atoms with E-state index in [0.717, 1.165) is 34.9 Å². The molecule has 4 heteroatoms. The standard InChI is InChI=1S/C20H18N2O2/c1-12-7-10-16-15(11-12)19(21-14-8-9-14)17(20(23)24)18(22-16)13-5-3-2-4-6-13/h2-7,10-11,14H,8-9H2,1H3,(H,21,22)(H,23,24). The number of aryl methyl sites for hydroxylation is 1. The Kier molecular flexibility index (Phi) is 3.45. The summed E-state index contributed by atoms with van der Waals surface area (Å²) in [5, 5.41) is 14.2. The zero-order valence-electron chi connectivity index (χ0n) is 13.4. The first-order chi connectivity index (χ1) is 11.6. The molecule has 4 rings (SSSR count). The van der Waals surface area contributed by atoms with Gasteiger partial charge in [-0.25, -0.2) is 9.78 Å². The molecular formula is C20H18N2O2. The number of aromatic carboxylic acids is 1. The highest BCUT2D eigenvalue weighted by Gasteiger charge is 2.27. The van der Waals surface area contributed by atoms with Gasteiger partial charge in [0.2, 0.25) is 0 Å². The predicted molar refractivity (Wildman–Crippen MR) is 95.5 cm³/mol. The molecule has 1 heterocycles.